The minimum atomic E-state index is -0.100. The summed E-state index contributed by atoms with van der Waals surface area (Å²) in [5.74, 6) is 3.11. The molecule has 0 spiro atoms. The number of hydrogen-bond acceptors (Lipinski definition) is 9. The molecule has 5 heterocycles. The van der Waals surface area contributed by atoms with Gasteiger partial charge in [0.25, 0.3) is 0 Å². The molecule has 0 aromatic carbocycles. The van der Waals surface area contributed by atoms with Gasteiger partial charge in [-0.25, -0.2) is 19.6 Å². The Morgan fingerprint density at radius 2 is 1.92 bits per heavy atom. The van der Waals surface area contributed by atoms with Crippen LogP contribution in [-0.4, -0.2) is 72.8 Å². The molecular weight excluding hydrogens is 458 g/mol. The van der Waals surface area contributed by atoms with Crippen LogP contribution in [0.2, 0.25) is 0 Å². The predicted octanol–water partition coefficient (Wildman–Crippen LogP) is 3.30. The van der Waals surface area contributed by atoms with Gasteiger partial charge in [-0.15, -0.1) is 0 Å². The first-order valence-corrected chi connectivity index (χ1v) is 12.0. The molecule has 36 heavy (non-hydrogen) atoms. The summed E-state index contributed by atoms with van der Waals surface area (Å²) in [6.07, 6.45) is 7.70. The van der Waals surface area contributed by atoms with E-state index in [0.29, 0.717) is 36.4 Å². The Labute approximate surface area is 210 Å². The molecule has 0 saturated carbocycles. The van der Waals surface area contributed by atoms with E-state index in [1.54, 1.807) is 23.1 Å². The molecule has 0 amide bonds. The lowest BCUT2D eigenvalue weighted by Crippen LogP contribution is -2.19. The highest BCUT2D eigenvalue weighted by molar-refractivity contribution is 5.73. The lowest BCUT2D eigenvalue weighted by molar-refractivity contribution is 0.173. The zero-order valence-corrected chi connectivity index (χ0v) is 21.3. The highest BCUT2D eigenvalue weighted by atomic mass is 16.5. The van der Waals surface area contributed by atoms with Crippen molar-refractivity contribution in [2.45, 2.75) is 32.9 Å². The monoisotopic (exact) mass is 489 g/mol. The first-order chi connectivity index (χ1) is 17.4. The van der Waals surface area contributed by atoms with Gasteiger partial charge in [-0.3, -0.25) is 4.68 Å². The largest absolute Gasteiger partial charge is 0.490 e. The molecule has 188 valence electrons. The minimum Gasteiger partial charge on any atom is -0.490 e. The number of hydrogen-bond donors (Lipinski definition) is 1. The second-order valence-electron chi connectivity index (χ2n) is 9.18. The zero-order chi connectivity index (χ0) is 25.2. The standard InChI is InChI=1S/C25H31N9O2/c1-16-7-11-35-25-20(15-28-33(25)5)24-26-8-6-22(31-24)30-23-12-21(36-16)19(13-27-23)18-14-29-34(17(18)2)10-9-32(3)4/h6,8,12-16H,7,9-11H2,1-5H3,(H,26,27,30,31)/t16-/m0/s1. The summed E-state index contributed by atoms with van der Waals surface area (Å²) in [6, 6.07) is 3.70. The molecule has 1 N–H and O–H groups in total. The normalized spacial score (nSPS) is 15.4. The predicted molar refractivity (Wildman–Crippen MR) is 136 cm³/mol. The Morgan fingerprint density at radius 3 is 2.75 bits per heavy atom. The molecular formula is C25H31N9O2. The second-order valence-corrected chi connectivity index (χ2v) is 9.18. The van der Waals surface area contributed by atoms with E-state index >= 15 is 0 Å². The Balaban J connectivity index is 1.52. The van der Waals surface area contributed by atoms with Gasteiger partial charge in [0.1, 0.15) is 22.9 Å². The number of nitrogens with one attached hydrogen (secondary N) is 1. The average Bonchev–Trinajstić information content (AvgIpc) is 3.40. The van der Waals surface area contributed by atoms with Crippen LogP contribution in [0.4, 0.5) is 11.6 Å². The molecule has 1 atom stereocenters. The van der Waals surface area contributed by atoms with E-state index in [1.807, 2.05) is 37.1 Å². The van der Waals surface area contributed by atoms with E-state index in [1.165, 1.54) is 0 Å². The number of rotatable bonds is 4. The van der Waals surface area contributed by atoms with Crippen molar-refractivity contribution in [2.24, 2.45) is 7.05 Å². The van der Waals surface area contributed by atoms with Gasteiger partial charge in [0.05, 0.1) is 31.6 Å². The van der Waals surface area contributed by atoms with Gasteiger partial charge in [-0.1, -0.05) is 0 Å². The Hall–Kier alpha value is -3.99. The van der Waals surface area contributed by atoms with Gasteiger partial charge in [-0.05, 0) is 34.0 Å². The number of anilines is 2. The van der Waals surface area contributed by atoms with Gasteiger partial charge < -0.3 is 19.7 Å². The van der Waals surface area contributed by atoms with Crippen molar-refractivity contribution in [3.63, 3.8) is 0 Å². The SMILES string of the molecule is Cc1c(-c2cnc3cc2O[C@@H](C)CCOc2c(cnn2C)-c2nccc(n2)N3)cnn1CCN(C)C. The van der Waals surface area contributed by atoms with Gasteiger partial charge in [0.2, 0.25) is 5.88 Å². The molecule has 4 aromatic heterocycles. The number of nitrogens with zero attached hydrogens (tertiary/aromatic N) is 8. The summed E-state index contributed by atoms with van der Waals surface area (Å²) >= 11 is 0. The van der Waals surface area contributed by atoms with Crippen LogP contribution in [0.25, 0.3) is 22.5 Å². The van der Waals surface area contributed by atoms with Crippen molar-refractivity contribution in [2.75, 3.05) is 32.6 Å². The van der Waals surface area contributed by atoms with Crippen LogP contribution >= 0.6 is 0 Å². The van der Waals surface area contributed by atoms with E-state index in [0.717, 1.165) is 41.2 Å². The Kier molecular flexibility index (Phi) is 6.55. The third-order valence-corrected chi connectivity index (χ3v) is 6.15. The quantitative estimate of drug-likeness (QED) is 0.462. The maximum absolute atomic E-state index is 6.44. The van der Waals surface area contributed by atoms with Crippen molar-refractivity contribution in [1.29, 1.82) is 0 Å². The molecule has 1 aliphatic rings. The first kappa shape index (κ1) is 23.7. The topological polar surface area (TPSA) is 108 Å². The van der Waals surface area contributed by atoms with Gasteiger partial charge in [0, 0.05) is 55.3 Å². The third kappa shape index (κ3) is 4.87. The molecule has 11 nitrogen and oxygen atoms in total. The number of pyridine rings is 1. The van der Waals surface area contributed by atoms with E-state index in [-0.39, 0.29) is 6.10 Å². The first-order valence-electron chi connectivity index (χ1n) is 12.0. The van der Waals surface area contributed by atoms with E-state index in [9.17, 15) is 0 Å². The van der Waals surface area contributed by atoms with E-state index in [4.69, 9.17) is 9.47 Å². The van der Waals surface area contributed by atoms with E-state index < -0.39 is 0 Å². The molecule has 0 unspecified atom stereocenters. The third-order valence-electron chi connectivity index (χ3n) is 6.15. The number of aromatic nitrogens is 7. The summed E-state index contributed by atoms with van der Waals surface area (Å²) in [5, 5.41) is 12.2. The Morgan fingerprint density at radius 1 is 1.08 bits per heavy atom. The highest BCUT2D eigenvalue weighted by Gasteiger charge is 2.20. The van der Waals surface area contributed by atoms with Gasteiger partial charge in [0.15, 0.2) is 5.82 Å². The number of aryl methyl sites for hydroxylation is 1. The smallest absolute Gasteiger partial charge is 0.222 e. The van der Waals surface area contributed by atoms with E-state index in [2.05, 4.69) is 56.4 Å². The molecule has 11 heteroatoms. The molecule has 0 radical (unpaired) electrons. The average molecular weight is 490 g/mol. The molecule has 1 aliphatic heterocycles. The maximum atomic E-state index is 6.44. The molecule has 0 aliphatic carbocycles. The van der Waals surface area contributed by atoms with Crippen LogP contribution in [0.5, 0.6) is 11.6 Å². The highest BCUT2D eigenvalue weighted by Crippen LogP contribution is 2.35. The van der Waals surface area contributed by atoms with Crippen molar-refractivity contribution in [3.05, 3.63) is 42.6 Å². The van der Waals surface area contributed by atoms with Crippen molar-refractivity contribution < 1.29 is 9.47 Å². The Bertz CT molecular complexity index is 1360. The minimum absolute atomic E-state index is 0.100. The van der Waals surface area contributed by atoms with Gasteiger partial charge >= 0.3 is 0 Å². The van der Waals surface area contributed by atoms with Crippen LogP contribution in [0.3, 0.4) is 0 Å². The lowest BCUT2D eigenvalue weighted by atomic mass is 10.1. The van der Waals surface area contributed by atoms with Crippen molar-refractivity contribution in [1.82, 2.24) is 39.4 Å². The fourth-order valence-electron chi connectivity index (χ4n) is 4.07. The van der Waals surface area contributed by atoms with Crippen LogP contribution in [-0.2, 0) is 13.6 Å². The van der Waals surface area contributed by atoms with Crippen molar-refractivity contribution >= 4 is 11.6 Å². The summed E-state index contributed by atoms with van der Waals surface area (Å²) < 4.78 is 16.2. The summed E-state index contributed by atoms with van der Waals surface area (Å²) in [5.41, 5.74) is 3.69. The molecule has 0 saturated heterocycles. The number of fused-ring (bicyclic) bond motifs is 6. The fraction of sp³-hybridized carbons (Fsp3) is 0.400. The van der Waals surface area contributed by atoms with Gasteiger partial charge in [-0.2, -0.15) is 10.2 Å². The summed E-state index contributed by atoms with van der Waals surface area (Å²) in [7, 11) is 5.95. The second kappa shape index (κ2) is 9.94. The lowest BCUT2D eigenvalue weighted by Gasteiger charge is -2.19. The zero-order valence-electron chi connectivity index (χ0n) is 21.3. The summed E-state index contributed by atoms with van der Waals surface area (Å²) in [4.78, 5) is 15.9. The van der Waals surface area contributed by atoms with Crippen LogP contribution in [0.15, 0.2) is 36.9 Å². The van der Waals surface area contributed by atoms with Crippen LogP contribution in [0, 0.1) is 6.92 Å². The summed E-state index contributed by atoms with van der Waals surface area (Å²) in [6.45, 7) is 6.28. The molecule has 0 fully saturated rings. The van der Waals surface area contributed by atoms with Crippen LogP contribution < -0.4 is 14.8 Å². The van der Waals surface area contributed by atoms with Crippen LogP contribution in [0.1, 0.15) is 19.0 Å². The molecule has 5 rings (SSSR count). The van der Waals surface area contributed by atoms with Crippen molar-refractivity contribution in [3.8, 4) is 34.1 Å². The molecule has 4 aromatic rings. The fourth-order valence-corrected chi connectivity index (χ4v) is 4.07. The number of likely N-dealkylation sites (N-methyl/N-ethyl adjacent to an activating group) is 1. The maximum Gasteiger partial charge on any atom is 0.222 e. The number of ether oxygens (including phenoxy) is 2. The molecule has 4 bridgehead atoms.